The number of benzene rings is 2. The van der Waals surface area contributed by atoms with Crippen molar-refractivity contribution in [1.29, 1.82) is 0 Å². The van der Waals surface area contributed by atoms with E-state index in [0.717, 1.165) is 10.5 Å². The van der Waals surface area contributed by atoms with Crippen molar-refractivity contribution in [2.24, 2.45) is 0 Å². The van der Waals surface area contributed by atoms with Gasteiger partial charge in [0.05, 0.1) is 10.7 Å². The first-order valence-corrected chi connectivity index (χ1v) is 6.50. The van der Waals surface area contributed by atoms with Crippen molar-refractivity contribution in [2.45, 2.75) is 0 Å². The van der Waals surface area contributed by atoms with Gasteiger partial charge in [-0.25, -0.2) is 9.18 Å². The number of hydrogen-bond acceptors (Lipinski definition) is 1. The van der Waals surface area contributed by atoms with Crippen LogP contribution >= 0.6 is 27.5 Å². The number of rotatable bonds is 2. The van der Waals surface area contributed by atoms with Crippen LogP contribution in [0, 0.1) is 5.82 Å². The summed E-state index contributed by atoms with van der Waals surface area (Å²) in [7, 11) is 0. The molecule has 2 amide bonds. The van der Waals surface area contributed by atoms with Crippen LogP contribution in [0.25, 0.3) is 0 Å². The Labute approximate surface area is 122 Å². The Hall–Kier alpha value is -1.59. The van der Waals surface area contributed by atoms with Gasteiger partial charge in [-0.05, 0) is 36.4 Å². The largest absolute Gasteiger partial charge is 0.323 e. The minimum absolute atomic E-state index is 0.217. The number of hydrogen-bond donors (Lipinski definition) is 2. The standard InChI is InChI=1S/C13H9BrClFN2O/c14-8-2-1-3-10(6-8)17-13(19)18-12-7-9(16)4-5-11(12)15/h1-7H,(H2,17,18,19). The highest BCUT2D eigenvalue weighted by molar-refractivity contribution is 9.10. The van der Waals surface area contributed by atoms with E-state index in [2.05, 4.69) is 26.6 Å². The Bertz CT molecular complexity index is 621. The third kappa shape index (κ3) is 3.94. The molecule has 0 atom stereocenters. The molecular formula is C13H9BrClFN2O. The van der Waals surface area contributed by atoms with Gasteiger partial charge in [0.2, 0.25) is 0 Å². The SMILES string of the molecule is O=C(Nc1cccc(Br)c1)Nc1cc(F)ccc1Cl. The first-order valence-electron chi connectivity index (χ1n) is 5.33. The fourth-order valence-corrected chi connectivity index (χ4v) is 2.01. The quantitative estimate of drug-likeness (QED) is 0.801. The number of nitrogens with one attached hydrogen (secondary N) is 2. The van der Waals surface area contributed by atoms with Crippen LogP contribution in [-0.2, 0) is 0 Å². The second kappa shape index (κ2) is 6.04. The maximum Gasteiger partial charge on any atom is 0.323 e. The Morgan fingerprint density at radius 3 is 2.68 bits per heavy atom. The lowest BCUT2D eigenvalue weighted by Gasteiger charge is -2.09. The molecule has 0 fully saturated rings. The average molecular weight is 344 g/mol. The van der Waals surface area contributed by atoms with Gasteiger partial charge < -0.3 is 10.6 Å². The number of halogens is 3. The Balaban J connectivity index is 2.07. The van der Waals surface area contributed by atoms with E-state index in [1.54, 1.807) is 18.2 Å². The van der Waals surface area contributed by atoms with Gasteiger partial charge in [-0.2, -0.15) is 0 Å². The normalized spacial score (nSPS) is 10.1. The molecule has 0 spiro atoms. The molecule has 2 aromatic carbocycles. The molecule has 0 aliphatic heterocycles. The molecule has 6 heteroatoms. The van der Waals surface area contributed by atoms with Gasteiger partial charge in [0.15, 0.2) is 0 Å². The van der Waals surface area contributed by atoms with Crippen LogP contribution in [0.5, 0.6) is 0 Å². The summed E-state index contributed by atoms with van der Waals surface area (Å²) >= 11 is 9.15. The summed E-state index contributed by atoms with van der Waals surface area (Å²) in [5.74, 6) is -0.470. The van der Waals surface area contributed by atoms with Crippen LogP contribution in [0.1, 0.15) is 0 Å². The molecule has 0 bridgehead atoms. The van der Waals surface area contributed by atoms with E-state index in [4.69, 9.17) is 11.6 Å². The first-order chi connectivity index (χ1) is 9.04. The molecule has 0 aliphatic carbocycles. The number of carbonyl (C=O) groups is 1. The smallest absolute Gasteiger partial charge is 0.308 e. The number of amides is 2. The van der Waals surface area contributed by atoms with Crippen molar-refractivity contribution in [3.8, 4) is 0 Å². The topological polar surface area (TPSA) is 41.1 Å². The van der Waals surface area contributed by atoms with Gasteiger partial charge in [-0.1, -0.05) is 33.6 Å². The highest BCUT2D eigenvalue weighted by Gasteiger charge is 2.07. The average Bonchev–Trinajstić information content (AvgIpc) is 2.34. The monoisotopic (exact) mass is 342 g/mol. The Kier molecular flexibility index (Phi) is 4.39. The van der Waals surface area contributed by atoms with E-state index in [-0.39, 0.29) is 10.7 Å². The summed E-state index contributed by atoms with van der Waals surface area (Å²) in [6.45, 7) is 0. The van der Waals surface area contributed by atoms with E-state index in [1.165, 1.54) is 12.1 Å². The predicted octanol–water partition coefficient (Wildman–Crippen LogP) is 4.89. The Morgan fingerprint density at radius 1 is 1.16 bits per heavy atom. The molecule has 2 N–H and O–H groups in total. The second-order valence-electron chi connectivity index (χ2n) is 3.71. The van der Waals surface area contributed by atoms with Crippen LogP contribution in [-0.4, -0.2) is 6.03 Å². The number of urea groups is 1. The van der Waals surface area contributed by atoms with Gasteiger partial charge in [0.1, 0.15) is 5.82 Å². The van der Waals surface area contributed by atoms with Gasteiger partial charge >= 0.3 is 6.03 Å². The van der Waals surface area contributed by atoms with Gasteiger partial charge in [-0.15, -0.1) is 0 Å². The number of carbonyl (C=O) groups excluding carboxylic acids is 1. The van der Waals surface area contributed by atoms with Gasteiger partial charge in [0, 0.05) is 10.2 Å². The number of anilines is 2. The summed E-state index contributed by atoms with van der Waals surface area (Å²) < 4.78 is 13.9. The molecular weight excluding hydrogens is 335 g/mol. The first kappa shape index (κ1) is 13.8. The van der Waals surface area contributed by atoms with Gasteiger partial charge in [-0.3, -0.25) is 0 Å². The van der Waals surface area contributed by atoms with E-state index in [0.29, 0.717) is 5.69 Å². The molecule has 0 saturated heterocycles. The van der Waals surface area contributed by atoms with Crippen molar-refractivity contribution in [3.05, 3.63) is 57.8 Å². The van der Waals surface area contributed by atoms with Crippen molar-refractivity contribution >= 4 is 44.9 Å². The van der Waals surface area contributed by atoms with Crippen LogP contribution in [0.3, 0.4) is 0 Å². The summed E-state index contributed by atoms with van der Waals surface area (Å²) in [6, 6.07) is 10.4. The Morgan fingerprint density at radius 2 is 1.95 bits per heavy atom. The molecule has 0 saturated carbocycles. The fraction of sp³-hybridized carbons (Fsp3) is 0. The highest BCUT2D eigenvalue weighted by atomic mass is 79.9. The van der Waals surface area contributed by atoms with Crippen molar-refractivity contribution in [1.82, 2.24) is 0 Å². The lowest BCUT2D eigenvalue weighted by Crippen LogP contribution is -2.19. The maximum atomic E-state index is 13.0. The van der Waals surface area contributed by atoms with E-state index in [9.17, 15) is 9.18 Å². The van der Waals surface area contributed by atoms with Gasteiger partial charge in [0.25, 0.3) is 0 Å². The highest BCUT2D eigenvalue weighted by Crippen LogP contribution is 2.23. The van der Waals surface area contributed by atoms with Crippen LogP contribution in [0.2, 0.25) is 5.02 Å². The van der Waals surface area contributed by atoms with Crippen LogP contribution in [0.4, 0.5) is 20.6 Å². The summed E-state index contributed by atoms with van der Waals surface area (Å²) in [6.07, 6.45) is 0. The predicted molar refractivity (Wildman–Crippen MR) is 78.2 cm³/mol. The zero-order valence-corrected chi connectivity index (χ0v) is 11.9. The van der Waals surface area contributed by atoms with Crippen LogP contribution in [0.15, 0.2) is 46.9 Å². The molecule has 98 valence electrons. The molecule has 2 aromatic rings. The molecule has 0 aromatic heterocycles. The summed E-state index contributed by atoms with van der Waals surface area (Å²) in [5, 5.41) is 5.37. The molecule has 3 nitrogen and oxygen atoms in total. The minimum Gasteiger partial charge on any atom is -0.308 e. The summed E-state index contributed by atoms with van der Waals surface area (Å²) in [5.41, 5.74) is 0.827. The van der Waals surface area contributed by atoms with Crippen molar-refractivity contribution in [2.75, 3.05) is 10.6 Å². The molecule has 2 rings (SSSR count). The van der Waals surface area contributed by atoms with Crippen molar-refractivity contribution < 1.29 is 9.18 Å². The zero-order valence-electron chi connectivity index (χ0n) is 9.58. The summed E-state index contributed by atoms with van der Waals surface area (Å²) in [4.78, 5) is 11.7. The lowest BCUT2D eigenvalue weighted by atomic mass is 10.3. The van der Waals surface area contributed by atoms with E-state index >= 15 is 0 Å². The third-order valence-corrected chi connectivity index (χ3v) is 3.08. The molecule has 0 unspecified atom stereocenters. The molecule has 0 radical (unpaired) electrons. The lowest BCUT2D eigenvalue weighted by molar-refractivity contribution is 0.262. The molecule has 0 aliphatic rings. The van der Waals surface area contributed by atoms with Crippen molar-refractivity contribution in [3.63, 3.8) is 0 Å². The fourth-order valence-electron chi connectivity index (χ4n) is 1.44. The molecule has 0 heterocycles. The zero-order chi connectivity index (χ0) is 13.8. The third-order valence-electron chi connectivity index (χ3n) is 2.26. The maximum absolute atomic E-state index is 13.0. The molecule has 19 heavy (non-hydrogen) atoms. The minimum atomic E-state index is -0.495. The van der Waals surface area contributed by atoms with E-state index < -0.39 is 11.8 Å². The van der Waals surface area contributed by atoms with Crippen LogP contribution < -0.4 is 10.6 Å². The second-order valence-corrected chi connectivity index (χ2v) is 5.04. The van der Waals surface area contributed by atoms with E-state index in [1.807, 2.05) is 6.07 Å².